The summed E-state index contributed by atoms with van der Waals surface area (Å²) in [6, 6.07) is 14.9. The number of methoxy groups -OCH3 is 2. The Morgan fingerprint density at radius 3 is 1.37 bits per heavy atom. The lowest BCUT2D eigenvalue weighted by atomic mass is 9.51. The lowest BCUT2D eigenvalue weighted by Crippen LogP contribution is -2.87. The average Bonchev–Trinajstić information content (AvgIpc) is 4.04. The highest BCUT2D eigenvalue weighted by atomic mass is 16.5. The molecule has 14 nitrogen and oxygen atoms in total. The summed E-state index contributed by atoms with van der Waals surface area (Å²) in [6.07, 6.45) is 6.00. The lowest BCUT2D eigenvalue weighted by Gasteiger charge is -2.69. The van der Waals surface area contributed by atoms with E-state index in [1.54, 1.807) is 24.3 Å². The Hall–Kier alpha value is -5.34. The smallest absolute Gasteiger partial charge is 0.408 e. The van der Waals surface area contributed by atoms with Crippen LogP contribution in [0.15, 0.2) is 60.9 Å². The monoisotopic (exact) mass is 730 g/mol. The number of hydrogen-bond acceptors (Lipinski definition) is 10. The fourth-order valence-electron chi connectivity index (χ4n) is 11.7. The van der Waals surface area contributed by atoms with Crippen LogP contribution < -0.4 is 10.6 Å². The van der Waals surface area contributed by atoms with Crippen molar-refractivity contribution in [3.63, 3.8) is 0 Å². The second-order valence-electron chi connectivity index (χ2n) is 16.0. The van der Waals surface area contributed by atoms with Crippen LogP contribution in [-0.2, 0) is 9.47 Å². The summed E-state index contributed by atoms with van der Waals surface area (Å²) < 4.78 is 10.2. The number of aromatic nitrogens is 4. The second-order valence-corrected chi connectivity index (χ2v) is 16.0. The van der Waals surface area contributed by atoms with Gasteiger partial charge < -0.3 is 19.4 Å². The molecule has 0 spiro atoms. The zero-order valence-corrected chi connectivity index (χ0v) is 30.6. The van der Waals surface area contributed by atoms with E-state index in [0.29, 0.717) is 24.2 Å². The van der Waals surface area contributed by atoms with E-state index in [9.17, 15) is 19.2 Å². The number of fused-ring (bicyclic) bond motifs is 4. The van der Waals surface area contributed by atoms with Crippen molar-refractivity contribution < 1.29 is 28.7 Å². The zero-order valence-electron chi connectivity index (χ0n) is 30.6. The molecular weight excluding hydrogens is 688 g/mol. The van der Waals surface area contributed by atoms with Crippen molar-refractivity contribution in [1.82, 2.24) is 40.4 Å². The first kappa shape index (κ1) is 33.2. The van der Waals surface area contributed by atoms with Crippen LogP contribution >= 0.6 is 0 Å². The minimum atomic E-state index is -1.32. The van der Waals surface area contributed by atoms with Crippen molar-refractivity contribution in [2.24, 2.45) is 10.8 Å². The van der Waals surface area contributed by atoms with E-state index >= 15 is 0 Å². The molecule has 4 bridgehead atoms. The first-order chi connectivity index (χ1) is 26.0. The summed E-state index contributed by atoms with van der Waals surface area (Å²) in [5, 5.41) is 6.05. The van der Waals surface area contributed by atoms with E-state index in [2.05, 4.69) is 54.2 Å². The second kappa shape index (κ2) is 11.1. The van der Waals surface area contributed by atoms with Gasteiger partial charge in [0.2, 0.25) is 11.6 Å². The number of H-pyrrole nitrogens is 2. The summed E-state index contributed by atoms with van der Waals surface area (Å²) in [4.78, 5) is 75.3. The molecule has 0 radical (unpaired) electrons. The number of ketones is 2. The van der Waals surface area contributed by atoms with Gasteiger partial charge in [0.25, 0.3) is 0 Å². The Morgan fingerprint density at radius 2 is 1.06 bits per heavy atom. The maximum atomic E-state index is 14.8. The molecule has 0 aliphatic carbocycles. The van der Waals surface area contributed by atoms with Gasteiger partial charge >= 0.3 is 12.2 Å². The molecule has 12 rings (SSSR count). The Labute approximate surface area is 311 Å². The SMILES string of the molecule is COC(=O)N[C@]1(C(=O)c2ccc(-c3ccc(C(=O)[C@@]4(NC(=O)OC)N5CCC[C@H]5[C@@]4(C)[C@H]4c5cnc4[nH]5)cc3)cc2)N2CCC[C@@H]2[C@]1(C)[C@H]1c2cnc1[nH]2. The van der Waals surface area contributed by atoms with Gasteiger partial charge in [-0.15, -0.1) is 0 Å². The molecule has 8 aliphatic heterocycles. The molecule has 2 aromatic carbocycles. The molecule has 8 aliphatic rings. The number of ether oxygens (including phenoxy) is 2. The number of aromatic amines is 2. The molecule has 2 amide bonds. The van der Waals surface area contributed by atoms with E-state index < -0.39 is 34.3 Å². The maximum Gasteiger partial charge on any atom is 0.408 e. The molecule has 8 atom stereocenters. The molecule has 10 heterocycles. The van der Waals surface area contributed by atoms with Crippen LogP contribution in [0.3, 0.4) is 0 Å². The molecule has 14 heteroatoms. The highest BCUT2D eigenvalue weighted by Gasteiger charge is 2.79. The lowest BCUT2D eigenvalue weighted by molar-refractivity contribution is -0.179. The largest absolute Gasteiger partial charge is 0.453 e. The van der Waals surface area contributed by atoms with Gasteiger partial charge in [0.15, 0.2) is 11.3 Å². The van der Waals surface area contributed by atoms with Crippen LogP contribution in [0.5, 0.6) is 0 Å². The fourth-order valence-corrected chi connectivity index (χ4v) is 11.7. The molecule has 54 heavy (non-hydrogen) atoms. The van der Waals surface area contributed by atoms with E-state index in [0.717, 1.165) is 59.8 Å². The van der Waals surface area contributed by atoms with Crippen molar-refractivity contribution >= 4 is 23.8 Å². The number of Topliss-reactive ketones (excluding diaryl/α,β-unsaturated/α-hetero) is 2. The van der Waals surface area contributed by atoms with Gasteiger partial charge in [-0.2, -0.15) is 0 Å². The average molecular weight is 731 g/mol. The van der Waals surface area contributed by atoms with E-state index in [-0.39, 0.29) is 35.5 Å². The van der Waals surface area contributed by atoms with Gasteiger partial charge in [0, 0.05) is 70.9 Å². The number of nitrogens with zero attached hydrogens (tertiary/aromatic N) is 4. The molecule has 0 saturated carbocycles. The number of nitrogens with one attached hydrogen (secondary N) is 4. The Kier molecular flexibility index (Phi) is 6.84. The highest BCUT2D eigenvalue weighted by Crippen LogP contribution is 2.67. The quantitative estimate of drug-likeness (QED) is 0.179. The molecule has 0 unspecified atom stereocenters. The van der Waals surface area contributed by atoms with E-state index in [4.69, 9.17) is 9.47 Å². The van der Waals surface area contributed by atoms with Gasteiger partial charge in [0.05, 0.1) is 26.1 Å². The minimum Gasteiger partial charge on any atom is -0.453 e. The third-order valence-corrected chi connectivity index (χ3v) is 14.1. The summed E-state index contributed by atoms with van der Waals surface area (Å²) in [5.74, 6) is 1.07. The molecule has 4 saturated heterocycles. The van der Waals surface area contributed by atoms with Gasteiger partial charge in [-0.05, 0) is 36.8 Å². The Balaban J connectivity index is 0.949. The van der Waals surface area contributed by atoms with Gasteiger partial charge in [0.1, 0.15) is 11.6 Å². The molecule has 278 valence electrons. The van der Waals surface area contributed by atoms with Crippen LogP contribution in [0, 0.1) is 10.8 Å². The van der Waals surface area contributed by atoms with Crippen molar-refractivity contribution in [3.05, 3.63) is 95.1 Å². The molecular formula is C40H42N8O6. The van der Waals surface area contributed by atoms with Gasteiger partial charge in [-0.3, -0.25) is 30.0 Å². The number of carbonyl (C=O) groups is 4. The predicted molar refractivity (Wildman–Crippen MR) is 194 cm³/mol. The van der Waals surface area contributed by atoms with Gasteiger partial charge in [-0.1, -0.05) is 62.4 Å². The molecule has 4 aromatic rings. The normalized spacial score (nSPS) is 33.9. The Morgan fingerprint density at radius 1 is 0.667 bits per heavy atom. The predicted octanol–water partition coefficient (Wildman–Crippen LogP) is 4.53. The fraction of sp³-hybridized carbons (Fsp3) is 0.450. The van der Waals surface area contributed by atoms with Crippen LogP contribution in [0.25, 0.3) is 11.1 Å². The topological polar surface area (TPSA) is 175 Å². The summed E-state index contributed by atoms with van der Waals surface area (Å²) in [7, 11) is 2.62. The first-order valence-electron chi connectivity index (χ1n) is 18.7. The number of carbonyl (C=O) groups excluding carboxylic acids is 4. The van der Waals surface area contributed by atoms with Gasteiger partial charge in [-0.25, -0.2) is 19.6 Å². The third-order valence-electron chi connectivity index (χ3n) is 14.1. The van der Waals surface area contributed by atoms with Crippen molar-refractivity contribution in [3.8, 4) is 11.1 Å². The third kappa shape index (κ3) is 3.77. The van der Waals surface area contributed by atoms with E-state index in [1.165, 1.54) is 14.2 Å². The van der Waals surface area contributed by atoms with Crippen molar-refractivity contribution in [2.45, 2.75) is 74.8 Å². The number of rotatable bonds is 9. The van der Waals surface area contributed by atoms with Crippen LogP contribution in [0.1, 0.15) is 95.1 Å². The number of benzene rings is 2. The number of alkyl carbamates (subject to hydrolysis) is 2. The summed E-state index contributed by atoms with van der Waals surface area (Å²) in [5.41, 5.74) is 0.643. The van der Waals surface area contributed by atoms with Crippen LogP contribution in [-0.4, -0.2) is 104 Å². The highest BCUT2D eigenvalue weighted by molar-refractivity contribution is 6.08. The first-order valence-corrected chi connectivity index (χ1v) is 18.7. The Bertz CT molecular complexity index is 2040. The molecule has 4 N–H and O–H groups in total. The summed E-state index contributed by atoms with van der Waals surface area (Å²) in [6.45, 7) is 5.54. The van der Waals surface area contributed by atoms with E-state index in [1.807, 2.05) is 36.7 Å². The number of hydrogen-bond donors (Lipinski definition) is 4. The van der Waals surface area contributed by atoms with Crippen LogP contribution in [0.4, 0.5) is 9.59 Å². The number of imidazole rings is 2. The molecule has 2 aromatic heterocycles. The minimum absolute atomic E-state index is 0.0964. The van der Waals surface area contributed by atoms with Crippen molar-refractivity contribution in [1.29, 1.82) is 0 Å². The van der Waals surface area contributed by atoms with Crippen molar-refractivity contribution in [2.75, 3.05) is 27.3 Å². The van der Waals surface area contributed by atoms with Crippen LogP contribution in [0.2, 0.25) is 0 Å². The summed E-state index contributed by atoms with van der Waals surface area (Å²) >= 11 is 0. The maximum absolute atomic E-state index is 14.8. The zero-order chi connectivity index (χ0) is 37.4. The molecule has 4 fully saturated rings. The standard InChI is InChI=1S/C40H42N8O6/c1-37(29-25-19-41-33(29)43-25)27-7-5-17-47(27)39(37,45-35(51)53-3)31(49)23-13-9-21(10-14-23)22-11-15-24(16-12-22)32(50)40(46-36(52)54-4)38(2,28-8-6-18-48(28)40)30-26-20-42-34(30)44-26/h9-16,19-20,27-30H,5-8,17-18H2,1-4H3,(H,41,43)(H,42,44)(H,45,51)(H,46,52)/t27-,28+,29-,30-,37-,38+,39+,40+/m0/s1. The number of amides is 2.